The molecule has 1 amide bonds. The third-order valence-electron chi connectivity index (χ3n) is 3.09. The maximum absolute atomic E-state index is 11.9. The summed E-state index contributed by atoms with van der Waals surface area (Å²) < 4.78 is 22.4. The summed E-state index contributed by atoms with van der Waals surface area (Å²) >= 11 is 0. The molecule has 0 aliphatic heterocycles. The van der Waals surface area contributed by atoms with Gasteiger partial charge in [0.15, 0.2) is 5.96 Å². The lowest BCUT2D eigenvalue weighted by Gasteiger charge is -2.17. The van der Waals surface area contributed by atoms with Crippen molar-refractivity contribution in [3.63, 3.8) is 0 Å². The number of carbonyl (C=O) groups is 1. The van der Waals surface area contributed by atoms with E-state index in [9.17, 15) is 13.2 Å². The molecule has 1 unspecified atom stereocenters. The number of amides is 1. The molecule has 0 bridgehead atoms. The molecule has 0 radical (unpaired) electrons. The molecule has 0 fully saturated rings. The molecule has 3 N–H and O–H groups in total. The van der Waals surface area contributed by atoms with Gasteiger partial charge in [0.2, 0.25) is 5.91 Å². The molecule has 1 aromatic rings. The van der Waals surface area contributed by atoms with Crippen LogP contribution in [0.5, 0.6) is 0 Å². The lowest BCUT2D eigenvalue weighted by atomic mass is 10.3. The Morgan fingerprint density at radius 2 is 1.92 bits per heavy atom. The maximum atomic E-state index is 11.9. The summed E-state index contributed by atoms with van der Waals surface area (Å²) in [7, 11) is -2.99. The highest BCUT2D eigenvalue weighted by Gasteiger charge is 2.10. The van der Waals surface area contributed by atoms with Crippen LogP contribution >= 0.6 is 0 Å². The van der Waals surface area contributed by atoms with Crippen LogP contribution in [0.2, 0.25) is 0 Å². The molecule has 0 heterocycles. The zero-order valence-electron chi connectivity index (χ0n) is 14.4. The van der Waals surface area contributed by atoms with E-state index in [1.54, 1.807) is 12.1 Å². The highest BCUT2D eigenvalue weighted by Crippen LogP contribution is 2.04. The number of carbonyl (C=O) groups excluding carboxylic acids is 1. The minimum atomic E-state index is -2.99. The summed E-state index contributed by atoms with van der Waals surface area (Å²) in [6.45, 7) is 4.42. The molecule has 0 saturated heterocycles. The van der Waals surface area contributed by atoms with Crippen molar-refractivity contribution in [3.05, 3.63) is 30.3 Å². The third-order valence-corrected chi connectivity index (χ3v) is 4.06. The average Bonchev–Trinajstić information content (AvgIpc) is 2.51. The normalized spacial score (nSPS) is 13.2. The van der Waals surface area contributed by atoms with Crippen LogP contribution in [0.25, 0.3) is 0 Å². The van der Waals surface area contributed by atoms with Gasteiger partial charge in [-0.1, -0.05) is 18.2 Å². The molecular weight excluding hydrogens is 328 g/mol. The minimum absolute atomic E-state index is 0.0248. The van der Waals surface area contributed by atoms with Gasteiger partial charge in [0.25, 0.3) is 0 Å². The van der Waals surface area contributed by atoms with E-state index in [0.29, 0.717) is 18.9 Å². The number of hydrogen-bond acceptors (Lipinski definition) is 4. The highest BCUT2D eigenvalue weighted by molar-refractivity contribution is 7.90. The van der Waals surface area contributed by atoms with Crippen LogP contribution in [0.1, 0.15) is 20.3 Å². The number of guanidine groups is 1. The lowest BCUT2D eigenvalue weighted by molar-refractivity contribution is -0.114. The highest BCUT2D eigenvalue weighted by atomic mass is 32.2. The van der Waals surface area contributed by atoms with Crippen molar-refractivity contribution in [2.75, 3.05) is 30.4 Å². The molecule has 1 aromatic carbocycles. The van der Waals surface area contributed by atoms with Gasteiger partial charge in [0, 0.05) is 24.5 Å². The van der Waals surface area contributed by atoms with Crippen LogP contribution in [-0.2, 0) is 14.6 Å². The Balaban J connectivity index is 2.53. The number of nitrogens with zero attached hydrogens (tertiary/aromatic N) is 1. The monoisotopic (exact) mass is 354 g/mol. The first-order valence-corrected chi connectivity index (χ1v) is 9.93. The van der Waals surface area contributed by atoms with Crippen LogP contribution in [0.15, 0.2) is 35.3 Å². The average molecular weight is 354 g/mol. The Kier molecular flexibility index (Phi) is 8.25. The smallest absolute Gasteiger partial charge is 0.246 e. The summed E-state index contributed by atoms with van der Waals surface area (Å²) in [5, 5.41) is 8.90. The van der Waals surface area contributed by atoms with E-state index in [1.165, 1.54) is 6.26 Å². The number of hydrogen-bond donors (Lipinski definition) is 3. The molecule has 134 valence electrons. The SMILES string of the molecule is CCNC(=NCC(=O)Nc1ccccc1)NC(C)CCS(C)(=O)=O. The standard InChI is InChI=1S/C16H26N4O3S/c1-4-17-16(19-13(2)10-11-24(3,22)23)18-12-15(21)20-14-8-6-5-7-9-14/h5-9,13H,4,10-12H2,1-3H3,(H,20,21)(H2,17,18,19). The van der Waals surface area contributed by atoms with Crippen molar-refractivity contribution in [3.8, 4) is 0 Å². The van der Waals surface area contributed by atoms with Crippen molar-refractivity contribution in [2.45, 2.75) is 26.3 Å². The molecule has 24 heavy (non-hydrogen) atoms. The number of benzene rings is 1. The van der Waals surface area contributed by atoms with Crippen molar-refractivity contribution in [1.29, 1.82) is 0 Å². The van der Waals surface area contributed by atoms with Gasteiger partial charge >= 0.3 is 0 Å². The number of rotatable bonds is 8. The van der Waals surface area contributed by atoms with E-state index in [0.717, 1.165) is 5.69 Å². The second kappa shape index (κ2) is 9.92. The zero-order chi connectivity index (χ0) is 18.0. The number of anilines is 1. The molecule has 0 aliphatic rings. The van der Waals surface area contributed by atoms with Gasteiger partial charge in [0.1, 0.15) is 16.4 Å². The number of nitrogens with one attached hydrogen (secondary N) is 3. The van der Waals surface area contributed by atoms with E-state index in [4.69, 9.17) is 0 Å². The predicted molar refractivity (Wildman–Crippen MR) is 98.0 cm³/mol. The molecule has 0 spiro atoms. The van der Waals surface area contributed by atoms with Gasteiger partial charge in [-0.25, -0.2) is 13.4 Å². The van der Waals surface area contributed by atoms with Gasteiger partial charge in [-0.3, -0.25) is 4.79 Å². The Bertz CT molecular complexity index is 645. The third kappa shape index (κ3) is 9.14. The summed E-state index contributed by atoms with van der Waals surface area (Å²) in [6.07, 6.45) is 1.69. The quantitative estimate of drug-likeness (QED) is 0.478. The van der Waals surface area contributed by atoms with Gasteiger partial charge in [0.05, 0.1) is 5.75 Å². The first-order chi connectivity index (χ1) is 11.3. The molecule has 0 saturated carbocycles. The van der Waals surface area contributed by atoms with Crippen LogP contribution in [-0.4, -0.2) is 51.4 Å². The van der Waals surface area contributed by atoms with Crippen molar-refractivity contribution < 1.29 is 13.2 Å². The topological polar surface area (TPSA) is 99.7 Å². The van der Waals surface area contributed by atoms with Crippen LogP contribution in [0, 0.1) is 0 Å². The lowest BCUT2D eigenvalue weighted by Crippen LogP contribution is -2.43. The van der Waals surface area contributed by atoms with E-state index in [2.05, 4.69) is 20.9 Å². The second-order valence-corrected chi connectivity index (χ2v) is 7.83. The Hall–Kier alpha value is -2.09. The van der Waals surface area contributed by atoms with E-state index in [1.807, 2.05) is 32.0 Å². The molecule has 0 aliphatic carbocycles. The van der Waals surface area contributed by atoms with Gasteiger partial charge in [-0.05, 0) is 32.4 Å². The number of para-hydroxylation sites is 1. The molecule has 1 atom stereocenters. The fourth-order valence-electron chi connectivity index (χ4n) is 1.89. The van der Waals surface area contributed by atoms with Crippen LogP contribution < -0.4 is 16.0 Å². The zero-order valence-corrected chi connectivity index (χ0v) is 15.2. The van der Waals surface area contributed by atoms with E-state index >= 15 is 0 Å². The van der Waals surface area contributed by atoms with Crippen molar-refractivity contribution >= 4 is 27.4 Å². The maximum Gasteiger partial charge on any atom is 0.246 e. The first kappa shape index (κ1) is 20.0. The van der Waals surface area contributed by atoms with Crippen LogP contribution in [0.3, 0.4) is 0 Å². The molecular formula is C16H26N4O3S. The molecule has 1 rings (SSSR count). The van der Waals surface area contributed by atoms with Gasteiger partial charge in [-0.2, -0.15) is 0 Å². The summed E-state index contributed by atoms with van der Waals surface area (Å²) in [5.41, 5.74) is 0.720. The molecule has 0 aromatic heterocycles. The Labute approximate surface area is 143 Å². The summed E-state index contributed by atoms with van der Waals surface area (Å²) in [6, 6.07) is 9.09. The largest absolute Gasteiger partial charge is 0.357 e. The fraction of sp³-hybridized carbons (Fsp3) is 0.500. The molecule has 7 nitrogen and oxygen atoms in total. The van der Waals surface area contributed by atoms with Gasteiger partial charge in [-0.15, -0.1) is 0 Å². The Morgan fingerprint density at radius 3 is 2.50 bits per heavy atom. The van der Waals surface area contributed by atoms with Crippen molar-refractivity contribution in [1.82, 2.24) is 10.6 Å². The van der Waals surface area contributed by atoms with Crippen molar-refractivity contribution in [2.24, 2.45) is 4.99 Å². The predicted octanol–water partition coefficient (Wildman–Crippen LogP) is 1.00. The first-order valence-electron chi connectivity index (χ1n) is 7.87. The Morgan fingerprint density at radius 1 is 1.25 bits per heavy atom. The fourth-order valence-corrected chi connectivity index (χ4v) is 2.67. The minimum Gasteiger partial charge on any atom is -0.357 e. The molecule has 8 heteroatoms. The van der Waals surface area contributed by atoms with E-state index in [-0.39, 0.29) is 24.2 Å². The summed E-state index contributed by atoms with van der Waals surface area (Å²) in [5.74, 6) is 0.374. The number of sulfone groups is 1. The van der Waals surface area contributed by atoms with Gasteiger partial charge < -0.3 is 16.0 Å². The van der Waals surface area contributed by atoms with Crippen LogP contribution in [0.4, 0.5) is 5.69 Å². The second-order valence-electron chi connectivity index (χ2n) is 5.57. The van der Waals surface area contributed by atoms with E-state index < -0.39 is 9.84 Å². The number of aliphatic imine (C=N–C) groups is 1. The summed E-state index contributed by atoms with van der Waals surface area (Å²) in [4.78, 5) is 16.1.